The van der Waals surface area contributed by atoms with Crippen molar-refractivity contribution < 1.29 is 18.3 Å². The van der Waals surface area contributed by atoms with Gasteiger partial charge in [0.05, 0.1) is 6.54 Å². The van der Waals surface area contributed by atoms with Gasteiger partial charge in [0.25, 0.3) is 6.01 Å². The Bertz CT molecular complexity index is 1210. The average molecular weight is 454 g/mol. The van der Waals surface area contributed by atoms with Crippen molar-refractivity contribution >= 4 is 17.1 Å². The zero-order chi connectivity index (χ0) is 23.0. The van der Waals surface area contributed by atoms with Crippen molar-refractivity contribution in [2.45, 2.75) is 25.1 Å². The van der Waals surface area contributed by atoms with Crippen molar-refractivity contribution in [3.63, 3.8) is 0 Å². The molecular weight excluding hydrogens is 430 g/mol. The summed E-state index contributed by atoms with van der Waals surface area (Å²) in [5, 5.41) is 15.9. The highest BCUT2D eigenvalue weighted by molar-refractivity contribution is 5.74. The third-order valence-corrected chi connectivity index (χ3v) is 6.37. The fourth-order valence-electron chi connectivity index (χ4n) is 4.44. The van der Waals surface area contributed by atoms with E-state index in [1.165, 1.54) is 23.4 Å². The topological polar surface area (TPSA) is 83.5 Å². The van der Waals surface area contributed by atoms with E-state index in [-0.39, 0.29) is 12.1 Å². The monoisotopic (exact) mass is 454 g/mol. The van der Waals surface area contributed by atoms with E-state index in [2.05, 4.69) is 24.9 Å². The molecule has 172 valence electrons. The van der Waals surface area contributed by atoms with Gasteiger partial charge in [-0.2, -0.15) is 10.1 Å². The first-order valence-electron chi connectivity index (χ1n) is 10.8. The minimum Gasteiger partial charge on any atom is -0.423 e. The lowest BCUT2D eigenvalue weighted by Crippen LogP contribution is -2.57. The van der Waals surface area contributed by atoms with Crippen LogP contribution in [0.15, 0.2) is 59.5 Å². The first-order valence-corrected chi connectivity index (χ1v) is 10.8. The summed E-state index contributed by atoms with van der Waals surface area (Å²) in [7, 11) is 0. The summed E-state index contributed by atoms with van der Waals surface area (Å²) in [4.78, 5) is 12.6. The predicted molar refractivity (Wildman–Crippen MR) is 118 cm³/mol. The van der Waals surface area contributed by atoms with Gasteiger partial charge >= 0.3 is 0 Å². The van der Waals surface area contributed by atoms with Crippen molar-refractivity contribution in [2.24, 2.45) is 0 Å². The fourth-order valence-corrected chi connectivity index (χ4v) is 4.44. The maximum absolute atomic E-state index is 14.8. The van der Waals surface area contributed by atoms with Crippen LogP contribution < -0.4 is 4.90 Å². The molecule has 33 heavy (non-hydrogen) atoms. The molecule has 0 radical (unpaired) electrons. The molecule has 1 fully saturated rings. The number of para-hydroxylation sites is 2. The van der Waals surface area contributed by atoms with Crippen molar-refractivity contribution in [2.75, 3.05) is 31.1 Å². The molecular formula is C23H24F2N6O2. The second kappa shape index (κ2) is 8.53. The molecule has 10 heteroatoms. The minimum absolute atomic E-state index is 0.0216. The third kappa shape index (κ3) is 4.07. The molecule has 2 atom stereocenters. The van der Waals surface area contributed by atoms with Crippen LogP contribution in [0.3, 0.4) is 0 Å². The standard InChI is InChI=1S/C23H24F2N6O2/c1-16(23(32,13-31-15-26-14-27-31)18-7-6-17(24)12-19(18)25)29-8-10-30(11-9-29)22-28-20-4-2-3-5-21(20)33-22/h2-7,12,14-16,32H,8-11,13H2,1H3/t16-,23-/m1/s1. The molecule has 0 unspecified atom stereocenters. The number of oxazole rings is 1. The van der Waals surface area contributed by atoms with Gasteiger partial charge in [-0.1, -0.05) is 18.2 Å². The van der Waals surface area contributed by atoms with Crippen LogP contribution in [0.4, 0.5) is 14.8 Å². The number of rotatable bonds is 6. The highest BCUT2D eigenvalue weighted by Crippen LogP contribution is 2.33. The summed E-state index contributed by atoms with van der Waals surface area (Å²) < 4.78 is 35.7. The van der Waals surface area contributed by atoms with E-state index in [1.54, 1.807) is 0 Å². The van der Waals surface area contributed by atoms with Crippen molar-refractivity contribution in [3.05, 3.63) is 72.3 Å². The summed E-state index contributed by atoms with van der Waals surface area (Å²) in [5.41, 5.74) is -0.103. The molecule has 4 aromatic rings. The Morgan fingerprint density at radius 2 is 1.91 bits per heavy atom. The number of aromatic nitrogens is 4. The number of anilines is 1. The number of nitrogens with zero attached hydrogens (tertiary/aromatic N) is 6. The quantitative estimate of drug-likeness (QED) is 0.480. The van der Waals surface area contributed by atoms with Crippen LogP contribution in [0.1, 0.15) is 12.5 Å². The van der Waals surface area contributed by atoms with E-state index < -0.39 is 23.3 Å². The summed E-state index contributed by atoms with van der Waals surface area (Å²) in [6.07, 6.45) is 2.81. The van der Waals surface area contributed by atoms with Gasteiger partial charge in [0, 0.05) is 43.9 Å². The Hall–Kier alpha value is -3.37. The van der Waals surface area contributed by atoms with Gasteiger partial charge in [-0.05, 0) is 25.1 Å². The van der Waals surface area contributed by atoms with Crippen molar-refractivity contribution in [1.29, 1.82) is 0 Å². The van der Waals surface area contributed by atoms with Gasteiger partial charge in [-0.15, -0.1) is 0 Å². The molecule has 1 saturated heterocycles. The Morgan fingerprint density at radius 1 is 1.12 bits per heavy atom. The number of hydrogen-bond donors (Lipinski definition) is 1. The van der Waals surface area contributed by atoms with Crippen LogP contribution in [0.2, 0.25) is 0 Å². The maximum Gasteiger partial charge on any atom is 0.298 e. The average Bonchev–Trinajstić information content (AvgIpc) is 3.48. The van der Waals surface area contributed by atoms with Crippen LogP contribution in [0.25, 0.3) is 11.1 Å². The predicted octanol–water partition coefficient (Wildman–Crippen LogP) is 2.80. The number of hydrogen-bond acceptors (Lipinski definition) is 7. The third-order valence-electron chi connectivity index (χ3n) is 6.37. The Labute approximate surface area is 189 Å². The lowest BCUT2D eigenvalue weighted by molar-refractivity contribution is -0.0651. The van der Waals surface area contributed by atoms with Crippen molar-refractivity contribution in [3.8, 4) is 0 Å². The fraction of sp³-hybridized carbons (Fsp3) is 0.348. The van der Waals surface area contributed by atoms with Crippen molar-refractivity contribution in [1.82, 2.24) is 24.6 Å². The molecule has 2 aromatic carbocycles. The molecule has 0 bridgehead atoms. The molecule has 8 nitrogen and oxygen atoms in total. The van der Waals surface area contributed by atoms with Crippen LogP contribution in [-0.4, -0.2) is 62.0 Å². The zero-order valence-corrected chi connectivity index (χ0v) is 18.1. The molecule has 3 heterocycles. The van der Waals surface area contributed by atoms with E-state index in [4.69, 9.17) is 4.42 Å². The highest BCUT2D eigenvalue weighted by Gasteiger charge is 2.42. The maximum atomic E-state index is 14.8. The lowest BCUT2D eigenvalue weighted by Gasteiger charge is -2.44. The Balaban J connectivity index is 1.37. The van der Waals surface area contributed by atoms with Crippen LogP contribution in [0, 0.1) is 11.6 Å². The van der Waals surface area contributed by atoms with E-state index in [9.17, 15) is 13.9 Å². The summed E-state index contributed by atoms with van der Waals surface area (Å²) in [6.45, 7) is 4.27. The first-order chi connectivity index (χ1) is 15.9. The van der Waals surface area contributed by atoms with E-state index >= 15 is 0 Å². The summed E-state index contributed by atoms with van der Waals surface area (Å²) >= 11 is 0. The van der Waals surface area contributed by atoms with Crippen LogP contribution in [-0.2, 0) is 12.1 Å². The molecule has 1 N–H and O–H groups in total. The molecule has 0 spiro atoms. The minimum atomic E-state index is -1.66. The number of fused-ring (bicyclic) bond motifs is 1. The van der Waals surface area contributed by atoms with Gasteiger partial charge < -0.3 is 14.4 Å². The number of aliphatic hydroxyl groups is 1. The number of benzene rings is 2. The zero-order valence-electron chi connectivity index (χ0n) is 18.1. The molecule has 0 amide bonds. The molecule has 0 aliphatic carbocycles. The molecule has 1 aliphatic heterocycles. The van der Waals surface area contributed by atoms with E-state index in [0.717, 1.165) is 23.2 Å². The lowest BCUT2D eigenvalue weighted by atomic mass is 9.85. The Morgan fingerprint density at radius 3 is 2.61 bits per heavy atom. The molecule has 2 aromatic heterocycles. The molecule has 1 aliphatic rings. The smallest absolute Gasteiger partial charge is 0.298 e. The second-order valence-electron chi connectivity index (χ2n) is 8.30. The van der Waals surface area contributed by atoms with Gasteiger partial charge in [0.15, 0.2) is 5.58 Å². The Kier molecular flexibility index (Phi) is 5.55. The largest absolute Gasteiger partial charge is 0.423 e. The van der Waals surface area contributed by atoms with E-state index in [0.29, 0.717) is 32.2 Å². The second-order valence-corrected chi connectivity index (χ2v) is 8.30. The normalized spacial score (nSPS) is 17.9. The molecule has 0 saturated carbocycles. The van der Waals surface area contributed by atoms with E-state index in [1.807, 2.05) is 31.2 Å². The van der Waals surface area contributed by atoms with Gasteiger partial charge in [0.1, 0.15) is 35.4 Å². The highest BCUT2D eigenvalue weighted by atomic mass is 19.1. The van der Waals surface area contributed by atoms with Gasteiger partial charge in [0.2, 0.25) is 0 Å². The summed E-state index contributed by atoms with van der Waals surface area (Å²) in [5.74, 6) is -1.49. The van der Waals surface area contributed by atoms with Crippen LogP contribution >= 0.6 is 0 Å². The molecule has 5 rings (SSSR count). The van der Waals surface area contributed by atoms with Gasteiger partial charge in [-0.3, -0.25) is 4.90 Å². The number of halogens is 2. The van der Waals surface area contributed by atoms with Crippen LogP contribution in [0.5, 0.6) is 0 Å². The van der Waals surface area contributed by atoms with Gasteiger partial charge in [-0.25, -0.2) is 18.4 Å². The first kappa shape index (κ1) is 21.5. The SMILES string of the molecule is C[C@@H](N1CCN(c2nc3ccccc3o2)CC1)[C@](O)(Cn1cncn1)c1ccc(F)cc1F. The number of piperazine rings is 1. The summed E-state index contributed by atoms with van der Waals surface area (Å²) in [6, 6.07) is 10.9.